The third-order valence-electron chi connectivity index (χ3n) is 3.67. The number of carbonyl (C=O) groups is 1. The van der Waals surface area contributed by atoms with E-state index in [1.54, 1.807) is 6.20 Å². The molecule has 0 radical (unpaired) electrons. The van der Waals surface area contributed by atoms with E-state index in [-0.39, 0.29) is 11.8 Å². The minimum absolute atomic E-state index is 0.124. The molecule has 2 heterocycles. The number of hydrogen-bond acceptors (Lipinski definition) is 5. The summed E-state index contributed by atoms with van der Waals surface area (Å²) < 4.78 is 4.98. The standard InChI is InChI=1S/C16H16N2O4/c1-9-4-5-17-11(6-9)15(10-2-3-10)18-16(21)14-7-12(19)13(20)8-22-14/h4-8,10,15,20H,2-3H2,1H3,(H,18,21)/t15-/m0/s1. The number of hydrogen-bond donors (Lipinski definition) is 2. The van der Waals surface area contributed by atoms with Crippen LogP contribution < -0.4 is 10.7 Å². The maximum absolute atomic E-state index is 12.3. The Labute approximate surface area is 126 Å². The Morgan fingerprint density at radius 1 is 1.45 bits per heavy atom. The van der Waals surface area contributed by atoms with Crippen molar-refractivity contribution in [2.45, 2.75) is 25.8 Å². The first-order chi connectivity index (χ1) is 10.5. The van der Waals surface area contributed by atoms with Gasteiger partial charge in [-0.25, -0.2) is 0 Å². The van der Waals surface area contributed by atoms with Gasteiger partial charge in [-0.1, -0.05) is 0 Å². The Hall–Kier alpha value is -2.63. The molecule has 2 N–H and O–H groups in total. The van der Waals surface area contributed by atoms with Crippen LogP contribution in [0.3, 0.4) is 0 Å². The lowest BCUT2D eigenvalue weighted by Crippen LogP contribution is -2.31. The van der Waals surface area contributed by atoms with Gasteiger partial charge in [0.05, 0.1) is 11.7 Å². The normalized spacial score (nSPS) is 15.3. The summed E-state index contributed by atoms with van der Waals surface area (Å²) in [5.74, 6) is -0.781. The number of aromatic nitrogens is 1. The molecular weight excluding hydrogens is 284 g/mol. The van der Waals surface area contributed by atoms with Crippen molar-refractivity contribution >= 4 is 5.91 Å². The predicted octanol–water partition coefficient (Wildman–Crippen LogP) is 1.93. The van der Waals surface area contributed by atoms with E-state index in [0.29, 0.717) is 5.92 Å². The van der Waals surface area contributed by atoms with Crippen molar-refractivity contribution in [1.29, 1.82) is 0 Å². The highest BCUT2D eigenvalue weighted by atomic mass is 16.4. The summed E-state index contributed by atoms with van der Waals surface area (Å²) in [6.45, 7) is 1.97. The van der Waals surface area contributed by atoms with Gasteiger partial charge in [0.1, 0.15) is 6.26 Å². The zero-order valence-electron chi connectivity index (χ0n) is 12.1. The van der Waals surface area contributed by atoms with Crippen LogP contribution in [0, 0.1) is 12.8 Å². The second-order valence-corrected chi connectivity index (χ2v) is 5.54. The first kappa shape index (κ1) is 14.3. The van der Waals surface area contributed by atoms with Crippen LogP contribution in [0.25, 0.3) is 0 Å². The van der Waals surface area contributed by atoms with Crippen molar-refractivity contribution in [3.63, 3.8) is 0 Å². The summed E-state index contributed by atoms with van der Waals surface area (Å²) in [6, 6.07) is 4.62. The Morgan fingerprint density at radius 2 is 2.23 bits per heavy atom. The molecule has 22 heavy (non-hydrogen) atoms. The molecule has 0 bridgehead atoms. The maximum atomic E-state index is 12.3. The van der Waals surface area contributed by atoms with Crippen molar-refractivity contribution in [3.05, 3.63) is 57.9 Å². The zero-order chi connectivity index (χ0) is 15.7. The fourth-order valence-electron chi connectivity index (χ4n) is 2.33. The molecule has 1 atom stereocenters. The summed E-state index contributed by atoms with van der Waals surface area (Å²) in [4.78, 5) is 28.0. The smallest absolute Gasteiger partial charge is 0.287 e. The Balaban J connectivity index is 1.83. The van der Waals surface area contributed by atoms with E-state index in [4.69, 9.17) is 9.52 Å². The van der Waals surface area contributed by atoms with Crippen molar-refractivity contribution < 1.29 is 14.3 Å². The van der Waals surface area contributed by atoms with E-state index in [2.05, 4.69) is 10.3 Å². The van der Waals surface area contributed by atoms with Gasteiger partial charge in [0.15, 0.2) is 11.5 Å². The van der Waals surface area contributed by atoms with E-state index in [0.717, 1.165) is 36.4 Å². The highest BCUT2D eigenvalue weighted by molar-refractivity contribution is 5.91. The minimum atomic E-state index is -0.645. The Bertz CT molecular complexity index is 765. The summed E-state index contributed by atoms with van der Waals surface area (Å²) >= 11 is 0. The van der Waals surface area contributed by atoms with Gasteiger partial charge < -0.3 is 14.8 Å². The third-order valence-corrected chi connectivity index (χ3v) is 3.67. The maximum Gasteiger partial charge on any atom is 0.287 e. The van der Waals surface area contributed by atoms with E-state index in [1.807, 2.05) is 19.1 Å². The molecule has 3 rings (SSSR count). The molecule has 1 saturated carbocycles. The van der Waals surface area contributed by atoms with Crippen LogP contribution in [0.15, 0.2) is 39.9 Å². The van der Waals surface area contributed by atoms with E-state index >= 15 is 0 Å². The molecule has 1 fully saturated rings. The van der Waals surface area contributed by atoms with Gasteiger partial charge in [-0.15, -0.1) is 0 Å². The fourth-order valence-corrected chi connectivity index (χ4v) is 2.33. The number of pyridine rings is 1. The van der Waals surface area contributed by atoms with Gasteiger partial charge in [0.2, 0.25) is 5.43 Å². The van der Waals surface area contributed by atoms with Gasteiger partial charge in [0, 0.05) is 12.3 Å². The second kappa shape index (κ2) is 5.63. The molecule has 2 aromatic heterocycles. The minimum Gasteiger partial charge on any atom is -0.502 e. The van der Waals surface area contributed by atoms with Gasteiger partial charge >= 0.3 is 0 Å². The average molecular weight is 300 g/mol. The van der Waals surface area contributed by atoms with Gasteiger partial charge in [-0.05, 0) is 43.4 Å². The van der Waals surface area contributed by atoms with Crippen molar-refractivity contribution in [2.24, 2.45) is 5.92 Å². The number of amides is 1. The van der Waals surface area contributed by atoms with Gasteiger partial charge in [0.25, 0.3) is 5.91 Å². The molecule has 0 spiro atoms. The van der Waals surface area contributed by atoms with Crippen LogP contribution in [0.2, 0.25) is 0 Å². The largest absolute Gasteiger partial charge is 0.502 e. The number of aromatic hydroxyl groups is 1. The van der Waals surface area contributed by atoms with Crippen LogP contribution in [-0.4, -0.2) is 16.0 Å². The van der Waals surface area contributed by atoms with Crippen LogP contribution in [0.4, 0.5) is 0 Å². The lowest BCUT2D eigenvalue weighted by Gasteiger charge is -2.17. The lowest BCUT2D eigenvalue weighted by atomic mass is 10.1. The molecule has 114 valence electrons. The van der Waals surface area contributed by atoms with Crippen LogP contribution in [0.1, 0.15) is 40.7 Å². The van der Waals surface area contributed by atoms with Crippen LogP contribution in [0.5, 0.6) is 5.75 Å². The third kappa shape index (κ3) is 3.00. The second-order valence-electron chi connectivity index (χ2n) is 5.54. The summed E-state index contributed by atoms with van der Waals surface area (Å²) in [5.41, 5.74) is 1.23. The van der Waals surface area contributed by atoms with E-state index in [1.165, 1.54) is 0 Å². The SMILES string of the molecule is Cc1ccnc([C@@H](NC(=O)c2cc(=O)c(O)co2)C2CC2)c1. The number of nitrogens with one attached hydrogen (secondary N) is 1. The number of aryl methyl sites for hydroxylation is 1. The summed E-state index contributed by atoms with van der Waals surface area (Å²) in [6.07, 6.45) is 4.64. The predicted molar refractivity (Wildman–Crippen MR) is 78.5 cm³/mol. The molecule has 6 heteroatoms. The van der Waals surface area contributed by atoms with Gasteiger partial charge in [-0.3, -0.25) is 14.6 Å². The Kier molecular flexibility index (Phi) is 3.66. The highest BCUT2D eigenvalue weighted by Gasteiger charge is 2.35. The Morgan fingerprint density at radius 3 is 2.86 bits per heavy atom. The molecular formula is C16H16N2O4. The molecule has 1 aliphatic carbocycles. The lowest BCUT2D eigenvalue weighted by molar-refractivity contribution is 0.0899. The fraction of sp³-hybridized carbons (Fsp3) is 0.312. The molecule has 1 aliphatic rings. The van der Waals surface area contributed by atoms with E-state index < -0.39 is 17.1 Å². The summed E-state index contributed by atoms with van der Waals surface area (Å²) in [5, 5.41) is 12.0. The molecule has 0 aliphatic heterocycles. The van der Waals surface area contributed by atoms with Gasteiger partial charge in [-0.2, -0.15) is 0 Å². The molecule has 0 saturated heterocycles. The molecule has 1 amide bonds. The monoisotopic (exact) mass is 300 g/mol. The van der Waals surface area contributed by atoms with Crippen molar-refractivity contribution in [2.75, 3.05) is 0 Å². The molecule has 0 aromatic carbocycles. The molecule has 2 aromatic rings. The quantitative estimate of drug-likeness (QED) is 0.900. The molecule has 0 unspecified atom stereocenters. The number of carbonyl (C=O) groups excluding carboxylic acids is 1. The topological polar surface area (TPSA) is 92.4 Å². The molecule has 6 nitrogen and oxygen atoms in total. The van der Waals surface area contributed by atoms with Crippen LogP contribution in [-0.2, 0) is 0 Å². The number of nitrogens with zero attached hydrogens (tertiary/aromatic N) is 1. The first-order valence-corrected chi connectivity index (χ1v) is 7.10. The van der Waals surface area contributed by atoms with E-state index in [9.17, 15) is 9.59 Å². The van der Waals surface area contributed by atoms with Crippen molar-refractivity contribution in [3.8, 4) is 5.75 Å². The first-order valence-electron chi connectivity index (χ1n) is 7.10. The van der Waals surface area contributed by atoms with Crippen molar-refractivity contribution in [1.82, 2.24) is 10.3 Å². The highest BCUT2D eigenvalue weighted by Crippen LogP contribution is 2.40. The number of rotatable bonds is 4. The summed E-state index contributed by atoms with van der Waals surface area (Å²) in [7, 11) is 0. The zero-order valence-corrected chi connectivity index (χ0v) is 12.1. The average Bonchev–Trinajstić information content (AvgIpc) is 3.32. The van der Waals surface area contributed by atoms with Crippen LogP contribution >= 0.6 is 0 Å².